The molecule has 0 fully saturated rings. The second-order valence-corrected chi connectivity index (χ2v) is 6.68. The molecule has 0 bridgehead atoms. The highest BCUT2D eigenvalue weighted by atomic mass is 32.2. The molecule has 3 aromatic rings. The molecule has 0 radical (unpaired) electrons. The van der Waals surface area contributed by atoms with Crippen molar-refractivity contribution in [1.29, 1.82) is 0 Å². The first-order chi connectivity index (χ1) is 12.9. The van der Waals surface area contributed by atoms with Gasteiger partial charge < -0.3 is 5.32 Å². The summed E-state index contributed by atoms with van der Waals surface area (Å²) in [6.07, 6.45) is 2.72. The van der Waals surface area contributed by atoms with Crippen LogP contribution in [0.3, 0.4) is 0 Å². The lowest BCUT2D eigenvalue weighted by molar-refractivity contribution is -0.113. The monoisotopic (exact) mass is 387 g/mol. The number of carbonyl (C=O) groups excluding carboxylic acids is 1. The Labute approximate surface area is 158 Å². The number of hydrogen-bond donors (Lipinski definition) is 1. The molecule has 1 amide bonds. The fourth-order valence-corrected chi connectivity index (χ4v) is 3.08. The first-order valence-electron chi connectivity index (χ1n) is 7.96. The van der Waals surface area contributed by atoms with E-state index in [-0.39, 0.29) is 22.4 Å². The average Bonchev–Trinajstić information content (AvgIpc) is 2.63. The molecule has 8 heteroatoms. The van der Waals surface area contributed by atoms with E-state index in [1.165, 1.54) is 18.5 Å². The van der Waals surface area contributed by atoms with Gasteiger partial charge in [0.1, 0.15) is 0 Å². The summed E-state index contributed by atoms with van der Waals surface area (Å²) in [5.74, 6) is -2.35. The van der Waals surface area contributed by atoms with Gasteiger partial charge in [0.15, 0.2) is 16.7 Å². The molecule has 1 aromatic heterocycles. The van der Waals surface area contributed by atoms with Crippen molar-refractivity contribution in [3.8, 4) is 5.69 Å². The lowest BCUT2D eigenvalue weighted by atomic mass is 10.2. The van der Waals surface area contributed by atoms with Crippen LogP contribution in [0.15, 0.2) is 64.7 Å². The second kappa shape index (κ2) is 8.13. The van der Waals surface area contributed by atoms with Gasteiger partial charge in [-0.05, 0) is 36.8 Å². The van der Waals surface area contributed by atoms with Gasteiger partial charge in [-0.2, -0.15) is 0 Å². The van der Waals surface area contributed by atoms with Crippen molar-refractivity contribution in [1.82, 2.24) is 9.55 Å². The molecular formula is C19H15F2N3O2S. The van der Waals surface area contributed by atoms with Crippen LogP contribution in [0, 0.1) is 18.6 Å². The molecule has 0 spiro atoms. The van der Waals surface area contributed by atoms with Gasteiger partial charge in [0.25, 0.3) is 5.56 Å². The maximum absolute atomic E-state index is 13.4. The normalized spacial score (nSPS) is 10.6. The minimum Gasteiger partial charge on any atom is -0.325 e. The van der Waals surface area contributed by atoms with Crippen molar-refractivity contribution in [3.63, 3.8) is 0 Å². The summed E-state index contributed by atoms with van der Waals surface area (Å²) in [5, 5.41) is 2.83. The maximum atomic E-state index is 13.4. The number of nitrogens with zero attached hydrogens (tertiary/aromatic N) is 2. The van der Waals surface area contributed by atoms with Crippen LogP contribution >= 0.6 is 11.8 Å². The van der Waals surface area contributed by atoms with Gasteiger partial charge >= 0.3 is 0 Å². The van der Waals surface area contributed by atoms with Crippen molar-refractivity contribution < 1.29 is 13.6 Å². The van der Waals surface area contributed by atoms with E-state index < -0.39 is 17.2 Å². The highest BCUT2D eigenvalue weighted by molar-refractivity contribution is 7.99. The Morgan fingerprint density at radius 1 is 1.19 bits per heavy atom. The lowest BCUT2D eigenvalue weighted by Gasteiger charge is -2.08. The zero-order valence-electron chi connectivity index (χ0n) is 14.3. The fraction of sp³-hybridized carbons (Fsp3) is 0.105. The maximum Gasteiger partial charge on any atom is 0.287 e. The van der Waals surface area contributed by atoms with Crippen molar-refractivity contribution in [3.05, 3.63) is 82.4 Å². The summed E-state index contributed by atoms with van der Waals surface area (Å²) < 4.78 is 27.7. The molecule has 0 aliphatic rings. The highest BCUT2D eigenvalue weighted by Gasteiger charge is 2.12. The Morgan fingerprint density at radius 2 is 2.00 bits per heavy atom. The molecule has 138 valence electrons. The van der Waals surface area contributed by atoms with Crippen LogP contribution in [-0.4, -0.2) is 21.2 Å². The molecule has 27 heavy (non-hydrogen) atoms. The first-order valence-corrected chi connectivity index (χ1v) is 8.95. The zero-order chi connectivity index (χ0) is 19.4. The molecular weight excluding hydrogens is 372 g/mol. The molecule has 0 atom stereocenters. The van der Waals surface area contributed by atoms with Gasteiger partial charge in [-0.25, -0.2) is 13.8 Å². The van der Waals surface area contributed by atoms with Crippen molar-refractivity contribution in [2.75, 3.05) is 11.1 Å². The number of nitrogens with one attached hydrogen (secondary N) is 1. The van der Waals surface area contributed by atoms with Crippen molar-refractivity contribution in [2.45, 2.75) is 11.9 Å². The number of hydrogen-bond acceptors (Lipinski definition) is 4. The third-order valence-corrected chi connectivity index (χ3v) is 4.59. The number of thioether (sulfide) groups is 1. The number of aryl methyl sites for hydroxylation is 1. The fourth-order valence-electron chi connectivity index (χ4n) is 2.38. The molecule has 0 unspecified atom stereocenters. The van der Waals surface area contributed by atoms with E-state index in [9.17, 15) is 18.4 Å². The molecule has 1 heterocycles. The Morgan fingerprint density at radius 3 is 2.74 bits per heavy atom. The van der Waals surface area contributed by atoms with E-state index in [1.54, 1.807) is 6.07 Å². The molecule has 5 nitrogen and oxygen atoms in total. The Balaban J connectivity index is 1.73. The minimum absolute atomic E-state index is 0.0159. The molecule has 1 N–H and O–H groups in total. The predicted molar refractivity (Wildman–Crippen MR) is 100 cm³/mol. The van der Waals surface area contributed by atoms with E-state index in [0.29, 0.717) is 5.69 Å². The largest absolute Gasteiger partial charge is 0.325 e. The zero-order valence-corrected chi connectivity index (χ0v) is 15.1. The molecule has 0 aliphatic heterocycles. The van der Waals surface area contributed by atoms with Gasteiger partial charge in [-0.1, -0.05) is 23.9 Å². The summed E-state index contributed by atoms with van der Waals surface area (Å²) in [6, 6.07) is 10.5. The highest BCUT2D eigenvalue weighted by Crippen LogP contribution is 2.15. The average molecular weight is 387 g/mol. The van der Waals surface area contributed by atoms with Gasteiger partial charge in [-0.3, -0.25) is 14.2 Å². The summed E-state index contributed by atoms with van der Waals surface area (Å²) in [6.45, 7) is 1.92. The number of rotatable bonds is 5. The van der Waals surface area contributed by atoms with E-state index in [2.05, 4.69) is 10.3 Å². The summed E-state index contributed by atoms with van der Waals surface area (Å²) in [4.78, 5) is 28.6. The Kier molecular flexibility index (Phi) is 5.66. The van der Waals surface area contributed by atoms with Gasteiger partial charge in [0, 0.05) is 24.1 Å². The number of anilines is 1. The minimum atomic E-state index is -1.05. The van der Waals surface area contributed by atoms with Crippen LogP contribution in [0.1, 0.15) is 5.56 Å². The SMILES string of the molecule is Cc1cccc(NC(=O)CSc2nccn(-c3ccc(F)c(F)c3)c2=O)c1. The van der Waals surface area contributed by atoms with Gasteiger partial charge in [-0.15, -0.1) is 0 Å². The molecule has 0 saturated heterocycles. The molecule has 2 aromatic carbocycles. The lowest BCUT2D eigenvalue weighted by Crippen LogP contribution is -2.22. The summed E-state index contributed by atoms with van der Waals surface area (Å²) in [5.41, 5.74) is 1.34. The van der Waals surface area contributed by atoms with E-state index in [0.717, 1.165) is 34.0 Å². The van der Waals surface area contributed by atoms with Crippen LogP contribution in [0.4, 0.5) is 14.5 Å². The van der Waals surface area contributed by atoms with E-state index in [1.807, 2.05) is 25.1 Å². The van der Waals surface area contributed by atoms with E-state index in [4.69, 9.17) is 0 Å². The third-order valence-electron chi connectivity index (χ3n) is 3.63. The van der Waals surface area contributed by atoms with Crippen LogP contribution in [0.25, 0.3) is 5.69 Å². The quantitative estimate of drug-likeness (QED) is 0.680. The smallest absolute Gasteiger partial charge is 0.287 e. The number of amides is 1. The van der Waals surface area contributed by atoms with Crippen LogP contribution in [-0.2, 0) is 4.79 Å². The standard InChI is InChI=1S/C19H15F2N3O2S/c1-12-3-2-4-13(9-12)23-17(25)11-27-18-19(26)24(8-7-22-18)14-5-6-15(20)16(21)10-14/h2-10H,11H2,1H3,(H,23,25). The predicted octanol–water partition coefficient (Wildman–Crippen LogP) is 3.55. The number of aromatic nitrogens is 2. The third kappa shape index (κ3) is 4.59. The van der Waals surface area contributed by atoms with Gasteiger partial charge in [0.2, 0.25) is 5.91 Å². The Hall–Kier alpha value is -3.00. The summed E-state index contributed by atoms with van der Waals surface area (Å²) in [7, 11) is 0. The molecule has 0 aliphatic carbocycles. The Bertz CT molecular complexity index is 1050. The van der Waals surface area contributed by atoms with Crippen LogP contribution in [0.5, 0.6) is 0 Å². The topological polar surface area (TPSA) is 64.0 Å². The van der Waals surface area contributed by atoms with Crippen LogP contribution < -0.4 is 10.9 Å². The van der Waals surface area contributed by atoms with Crippen molar-refractivity contribution in [2.24, 2.45) is 0 Å². The molecule has 3 rings (SSSR count). The first kappa shape index (κ1) is 18.8. The van der Waals surface area contributed by atoms with Crippen LogP contribution in [0.2, 0.25) is 0 Å². The van der Waals surface area contributed by atoms with Crippen molar-refractivity contribution >= 4 is 23.4 Å². The molecule has 0 saturated carbocycles. The number of carbonyl (C=O) groups is 1. The van der Waals surface area contributed by atoms with Gasteiger partial charge in [0.05, 0.1) is 11.4 Å². The number of benzene rings is 2. The van der Waals surface area contributed by atoms with E-state index >= 15 is 0 Å². The summed E-state index contributed by atoms with van der Waals surface area (Å²) >= 11 is 0.970. The number of halogens is 2. The second-order valence-electron chi connectivity index (χ2n) is 5.71.